The van der Waals surface area contributed by atoms with E-state index >= 15 is 0 Å². The van der Waals surface area contributed by atoms with E-state index < -0.39 is 0 Å². The first-order chi connectivity index (χ1) is 15.1. The van der Waals surface area contributed by atoms with Crippen LogP contribution in [0.25, 0.3) is 0 Å². The molecular formula is C23H25ClN2O3S2. The molecule has 0 saturated carbocycles. The molecule has 8 heteroatoms. The maximum atomic E-state index is 12.0. The molecule has 0 unspecified atom stereocenters. The van der Waals surface area contributed by atoms with E-state index in [0.29, 0.717) is 36.9 Å². The molecule has 0 spiro atoms. The lowest BCUT2D eigenvalue weighted by Crippen LogP contribution is -2.43. The second-order valence-corrected chi connectivity index (χ2v) is 8.22. The number of nitrogens with zero attached hydrogens (tertiary/aromatic N) is 2. The summed E-state index contributed by atoms with van der Waals surface area (Å²) >= 11 is 16.5. The molecule has 0 aliphatic carbocycles. The van der Waals surface area contributed by atoms with Gasteiger partial charge in [-0.05, 0) is 12.1 Å². The van der Waals surface area contributed by atoms with E-state index in [0.717, 1.165) is 41.9 Å². The molecule has 2 saturated heterocycles. The molecule has 2 aromatic rings. The Bertz CT molecular complexity index is 899. The molecule has 4 rings (SSSR count). The number of morpholine rings is 2. The van der Waals surface area contributed by atoms with Crippen LogP contribution in [0.3, 0.4) is 0 Å². The number of carbonyl (C=O) groups is 1. The number of hydrogen-bond acceptors (Lipinski definition) is 5. The second-order valence-electron chi connectivity index (χ2n) is 7.01. The molecule has 2 aliphatic rings. The van der Waals surface area contributed by atoms with Crippen LogP contribution in [-0.2, 0) is 9.47 Å². The summed E-state index contributed by atoms with van der Waals surface area (Å²) in [4.78, 5) is 17.3. The minimum Gasteiger partial charge on any atom is -0.378 e. The number of hydrogen-bond donors (Lipinski definition) is 0. The lowest BCUT2D eigenvalue weighted by Gasteiger charge is -2.29. The third kappa shape index (κ3) is 7.05. The standard InChI is InChI=1S/C12H13NO2S.C11H12ClNOS/c14-11(10-4-2-1-3-5-10)12(16)13-6-8-15-9-7-13;12-10-3-1-2-9(8-10)11(15)13-4-6-14-7-5-13/h1-5H,6-9H2;1-3,8H,4-7H2. The summed E-state index contributed by atoms with van der Waals surface area (Å²) in [6.07, 6.45) is 0. The molecule has 2 aromatic carbocycles. The molecule has 0 aromatic heterocycles. The zero-order valence-electron chi connectivity index (χ0n) is 17.2. The Hall–Kier alpha value is -1.90. The Labute approximate surface area is 198 Å². The van der Waals surface area contributed by atoms with Crippen LogP contribution in [0, 0.1) is 0 Å². The normalized spacial score (nSPS) is 16.2. The quantitative estimate of drug-likeness (QED) is 0.492. The molecule has 0 bridgehead atoms. The van der Waals surface area contributed by atoms with Gasteiger partial charge in [0.05, 0.1) is 26.4 Å². The monoisotopic (exact) mass is 476 g/mol. The fourth-order valence-electron chi connectivity index (χ4n) is 3.19. The highest BCUT2D eigenvalue weighted by Crippen LogP contribution is 2.14. The molecule has 31 heavy (non-hydrogen) atoms. The summed E-state index contributed by atoms with van der Waals surface area (Å²) in [6.45, 7) is 5.93. The first kappa shape index (κ1) is 23.8. The van der Waals surface area contributed by atoms with Crippen molar-refractivity contribution in [3.05, 3.63) is 70.7 Å². The van der Waals surface area contributed by atoms with Crippen LogP contribution in [0.2, 0.25) is 5.02 Å². The molecule has 2 aliphatic heterocycles. The van der Waals surface area contributed by atoms with Crippen LogP contribution in [0.4, 0.5) is 0 Å². The molecule has 5 nitrogen and oxygen atoms in total. The van der Waals surface area contributed by atoms with E-state index in [1.54, 1.807) is 12.1 Å². The summed E-state index contributed by atoms with van der Waals surface area (Å²) in [7, 11) is 0. The van der Waals surface area contributed by atoms with Gasteiger partial charge in [0.2, 0.25) is 5.78 Å². The highest BCUT2D eigenvalue weighted by atomic mass is 35.5. The molecule has 2 fully saturated rings. The van der Waals surface area contributed by atoms with Gasteiger partial charge < -0.3 is 19.3 Å². The van der Waals surface area contributed by atoms with E-state index in [-0.39, 0.29) is 5.78 Å². The van der Waals surface area contributed by atoms with Crippen LogP contribution in [0.1, 0.15) is 15.9 Å². The number of ketones is 1. The summed E-state index contributed by atoms with van der Waals surface area (Å²) in [6, 6.07) is 16.8. The van der Waals surface area contributed by atoms with Crippen molar-refractivity contribution in [1.82, 2.24) is 9.80 Å². The Morgan fingerprint density at radius 1 is 0.774 bits per heavy atom. The van der Waals surface area contributed by atoms with Crippen molar-refractivity contribution in [2.45, 2.75) is 0 Å². The maximum Gasteiger partial charge on any atom is 0.220 e. The molecule has 0 amide bonds. The SMILES string of the molecule is O=C(C(=S)N1CCOCC1)c1ccccc1.S=C(c1cccc(Cl)c1)N1CCOCC1. The van der Waals surface area contributed by atoms with Gasteiger partial charge in [0, 0.05) is 42.3 Å². The first-order valence-electron chi connectivity index (χ1n) is 10.2. The van der Waals surface area contributed by atoms with Crippen LogP contribution >= 0.6 is 36.0 Å². The van der Waals surface area contributed by atoms with Gasteiger partial charge in [0.25, 0.3) is 0 Å². The molecule has 0 atom stereocenters. The van der Waals surface area contributed by atoms with E-state index in [1.165, 1.54) is 0 Å². The van der Waals surface area contributed by atoms with Crippen LogP contribution in [-0.4, -0.2) is 78.2 Å². The average Bonchev–Trinajstić information content (AvgIpc) is 2.84. The van der Waals surface area contributed by atoms with Crippen molar-refractivity contribution in [1.29, 1.82) is 0 Å². The van der Waals surface area contributed by atoms with E-state index in [4.69, 9.17) is 45.5 Å². The van der Waals surface area contributed by atoms with Crippen LogP contribution < -0.4 is 0 Å². The summed E-state index contributed by atoms with van der Waals surface area (Å²) in [5, 5.41) is 0.725. The molecular weight excluding hydrogens is 452 g/mol. The van der Waals surface area contributed by atoms with Gasteiger partial charge in [-0.2, -0.15) is 0 Å². The zero-order chi connectivity index (χ0) is 22.1. The number of Topliss-reactive ketones (excluding diaryl/α,β-unsaturated/α-hetero) is 1. The minimum atomic E-state index is -0.0718. The number of rotatable bonds is 3. The van der Waals surface area contributed by atoms with Crippen LogP contribution in [0.15, 0.2) is 54.6 Å². The lowest BCUT2D eigenvalue weighted by atomic mass is 10.1. The second kappa shape index (κ2) is 12.2. The number of ether oxygens (including phenoxy) is 2. The third-order valence-electron chi connectivity index (χ3n) is 4.90. The predicted molar refractivity (Wildman–Crippen MR) is 131 cm³/mol. The van der Waals surface area contributed by atoms with E-state index in [1.807, 2.05) is 47.4 Å². The Balaban J connectivity index is 0.000000176. The van der Waals surface area contributed by atoms with Gasteiger partial charge in [0.15, 0.2) is 4.99 Å². The minimum absolute atomic E-state index is 0.0718. The zero-order valence-corrected chi connectivity index (χ0v) is 19.6. The maximum absolute atomic E-state index is 12.0. The van der Waals surface area contributed by atoms with Crippen molar-refractivity contribution < 1.29 is 14.3 Å². The van der Waals surface area contributed by atoms with Crippen molar-refractivity contribution in [2.24, 2.45) is 0 Å². The van der Waals surface area contributed by atoms with Gasteiger partial charge in [-0.1, -0.05) is 78.5 Å². The predicted octanol–water partition coefficient (Wildman–Crippen LogP) is 3.88. The van der Waals surface area contributed by atoms with Crippen LogP contribution in [0.5, 0.6) is 0 Å². The molecule has 0 radical (unpaired) electrons. The summed E-state index contributed by atoms with van der Waals surface area (Å²) in [5.74, 6) is -0.0718. The molecule has 2 heterocycles. The van der Waals surface area contributed by atoms with Gasteiger partial charge in [0.1, 0.15) is 4.99 Å². The highest BCUT2D eigenvalue weighted by Gasteiger charge is 2.20. The van der Waals surface area contributed by atoms with Crippen molar-refractivity contribution in [2.75, 3.05) is 52.6 Å². The number of thiocarbonyl (C=S) groups is 2. The van der Waals surface area contributed by atoms with Gasteiger partial charge in [-0.15, -0.1) is 0 Å². The molecule has 164 valence electrons. The number of halogens is 1. The summed E-state index contributed by atoms with van der Waals surface area (Å²) < 4.78 is 10.5. The van der Waals surface area contributed by atoms with E-state index in [2.05, 4.69) is 4.90 Å². The van der Waals surface area contributed by atoms with Gasteiger partial charge in [-0.3, -0.25) is 4.79 Å². The Morgan fingerprint density at radius 2 is 1.32 bits per heavy atom. The lowest BCUT2D eigenvalue weighted by molar-refractivity contribution is 0.0670. The number of benzene rings is 2. The van der Waals surface area contributed by atoms with Gasteiger partial charge in [-0.25, -0.2) is 0 Å². The van der Waals surface area contributed by atoms with Crippen molar-refractivity contribution >= 4 is 51.8 Å². The van der Waals surface area contributed by atoms with Gasteiger partial charge >= 0.3 is 0 Å². The largest absolute Gasteiger partial charge is 0.378 e. The van der Waals surface area contributed by atoms with E-state index in [9.17, 15) is 4.79 Å². The summed E-state index contributed by atoms with van der Waals surface area (Å²) in [5.41, 5.74) is 1.67. The fourth-order valence-corrected chi connectivity index (χ4v) is 3.99. The fraction of sp³-hybridized carbons (Fsp3) is 0.348. The average molecular weight is 477 g/mol. The third-order valence-corrected chi connectivity index (χ3v) is 6.07. The Kier molecular flexibility index (Phi) is 9.36. The smallest absolute Gasteiger partial charge is 0.220 e. The Morgan fingerprint density at radius 3 is 1.90 bits per heavy atom. The topological polar surface area (TPSA) is 42.0 Å². The molecule has 0 N–H and O–H groups in total. The number of carbonyl (C=O) groups excluding carboxylic acids is 1. The van der Waals surface area contributed by atoms with Crippen molar-refractivity contribution in [3.63, 3.8) is 0 Å². The first-order valence-corrected chi connectivity index (χ1v) is 11.3. The highest BCUT2D eigenvalue weighted by molar-refractivity contribution is 7.82. The van der Waals surface area contributed by atoms with Crippen molar-refractivity contribution in [3.8, 4) is 0 Å².